The second-order valence-electron chi connectivity index (χ2n) is 4.47. The summed E-state index contributed by atoms with van der Waals surface area (Å²) in [7, 11) is 0. The number of aliphatic carboxylic acids is 1. The summed E-state index contributed by atoms with van der Waals surface area (Å²) in [5.41, 5.74) is 0.776. The lowest BCUT2D eigenvalue weighted by Gasteiger charge is -2.13. The van der Waals surface area contributed by atoms with E-state index in [1.54, 1.807) is 0 Å². The van der Waals surface area contributed by atoms with Gasteiger partial charge in [0, 0.05) is 12.1 Å². The van der Waals surface area contributed by atoms with Crippen LogP contribution in [0, 0.1) is 5.92 Å². The highest BCUT2D eigenvalue weighted by molar-refractivity contribution is 5.71. The molecule has 1 saturated carbocycles. The summed E-state index contributed by atoms with van der Waals surface area (Å²) < 4.78 is 1.89. The van der Waals surface area contributed by atoms with Gasteiger partial charge in [-0.25, -0.2) is 0 Å². The first-order chi connectivity index (χ1) is 8.27. The average molecular weight is 231 g/mol. The van der Waals surface area contributed by atoms with Crippen LogP contribution in [0.4, 0.5) is 0 Å². The molecular weight excluding hydrogens is 218 g/mol. The zero-order chi connectivity index (χ0) is 11.8. The van der Waals surface area contributed by atoms with Gasteiger partial charge in [0.05, 0.1) is 5.92 Å². The van der Waals surface area contributed by atoms with E-state index in [0.29, 0.717) is 0 Å². The maximum atomic E-state index is 11.2. The normalized spacial score (nSPS) is 24.2. The standard InChI is InChI=1S/C12H13N3O2/c16-12(17)9-5-3-4-8(9)11-14-13-10-6-1-2-7-15(10)11/h1-2,6-9H,3-5H2,(H,16,17). The molecule has 0 spiro atoms. The van der Waals surface area contributed by atoms with Crippen molar-refractivity contribution in [2.75, 3.05) is 0 Å². The Labute approximate surface area is 98.1 Å². The van der Waals surface area contributed by atoms with Gasteiger partial charge in [0.2, 0.25) is 0 Å². The molecule has 3 rings (SSSR count). The number of rotatable bonds is 2. The highest BCUT2D eigenvalue weighted by atomic mass is 16.4. The van der Waals surface area contributed by atoms with E-state index in [9.17, 15) is 9.90 Å². The SMILES string of the molecule is O=C(O)C1CCCC1c1nnc2ccccn12. The molecular formula is C12H13N3O2. The van der Waals surface area contributed by atoms with E-state index in [0.717, 1.165) is 30.7 Å². The third-order valence-electron chi connectivity index (χ3n) is 3.50. The maximum absolute atomic E-state index is 11.2. The first-order valence-electron chi connectivity index (χ1n) is 5.80. The molecule has 1 N–H and O–H groups in total. The number of hydrogen-bond donors (Lipinski definition) is 1. The fourth-order valence-electron chi connectivity index (χ4n) is 2.68. The number of carboxylic acids is 1. The maximum Gasteiger partial charge on any atom is 0.307 e. The number of pyridine rings is 1. The van der Waals surface area contributed by atoms with Crippen LogP contribution in [0.25, 0.3) is 5.65 Å². The zero-order valence-corrected chi connectivity index (χ0v) is 9.28. The first kappa shape index (κ1) is 10.3. The Hall–Kier alpha value is -1.91. The van der Waals surface area contributed by atoms with Crippen molar-refractivity contribution >= 4 is 11.6 Å². The van der Waals surface area contributed by atoms with Crippen LogP contribution in [0.15, 0.2) is 24.4 Å². The monoisotopic (exact) mass is 231 g/mol. The Morgan fingerprint density at radius 2 is 2.24 bits per heavy atom. The van der Waals surface area contributed by atoms with Gasteiger partial charge in [0.1, 0.15) is 5.82 Å². The minimum Gasteiger partial charge on any atom is -0.481 e. The van der Waals surface area contributed by atoms with Crippen LogP contribution < -0.4 is 0 Å². The Morgan fingerprint density at radius 3 is 3.06 bits per heavy atom. The molecule has 2 atom stereocenters. The van der Waals surface area contributed by atoms with Crippen LogP contribution in [0.5, 0.6) is 0 Å². The number of carbonyl (C=O) groups is 1. The molecule has 88 valence electrons. The Morgan fingerprint density at radius 1 is 1.35 bits per heavy atom. The number of nitrogens with zero attached hydrogens (tertiary/aromatic N) is 3. The Balaban J connectivity index is 2.06. The Bertz CT molecular complexity index is 564. The van der Waals surface area contributed by atoms with E-state index in [1.807, 2.05) is 28.8 Å². The molecule has 0 aliphatic heterocycles. The van der Waals surface area contributed by atoms with Crippen LogP contribution in [0.3, 0.4) is 0 Å². The molecule has 5 heteroatoms. The van der Waals surface area contributed by atoms with Crippen molar-refractivity contribution < 1.29 is 9.90 Å². The molecule has 0 amide bonds. The van der Waals surface area contributed by atoms with Crippen molar-refractivity contribution in [3.63, 3.8) is 0 Å². The zero-order valence-electron chi connectivity index (χ0n) is 9.28. The molecule has 0 saturated heterocycles. The highest BCUT2D eigenvalue weighted by Crippen LogP contribution is 2.38. The highest BCUT2D eigenvalue weighted by Gasteiger charge is 2.36. The summed E-state index contributed by atoms with van der Waals surface area (Å²) in [6.45, 7) is 0. The lowest BCUT2D eigenvalue weighted by Crippen LogP contribution is -2.18. The summed E-state index contributed by atoms with van der Waals surface area (Å²) in [6, 6.07) is 5.68. The minimum absolute atomic E-state index is 0.00935. The molecule has 2 aromatic rings. The summed E-state index contributed by atoms with van der Waals surface area (Å²) >= 11 is 0. The van der Waals surface area contributed by atoms with Crippen LogP contribution in [0.2, 0.25) is 0 Å². The smallest absolute Gasteiger partial charge is 0.307 e. The molecule has 5 nitrogen and oxygen atoms in total. The summed E-state index contributed by atoms with van der Waals surface area (Å²) in [6.07, 6.45) is 4.46. The predicted molar refractivity (Wildman–Crippen MR) is 60.7 cm³/mol. The number of aromatic nitrogens is 3. The van der Waals surface area contributed by atoms with Crippen LogP contribution in [-0.4, -0.2) is 25.7 Å². The van der Waals surface area contributed by atoms with Crippen molar-refractivity contribution in [2.24, 2.45) is 5.92 Å². The van der Waals surface area contributed by atoms with Crippen molar-refractivity contribution in [3.8, 4) is 0 Å². The molecule has 2 unspecified atom stereocenters. The lowest BCUT2D eigenvalue weighted by molar-refractivity contribution is -0.142. The van der Waals surface area contributed by atoms with E-state index < -0.39 is 5.97 Å². The summed E-state index contributed by atoms with van der Waals surface area (Å²) in [5, 5.41) is 17.4. The van der Waals surface area contributed by atoms with Gasteiger partial charge in [-0.15, -0.1) is 10.2 Å². The Kier molecular flexibility index (Phi) is 2.31. The second-order valence-corrected chi connectivity index (χ2v) is 4.47. The molecule has 2 aromatic heterocycles. The molecule has 1 aliphatic carbocycles. The van der Waals surface area contributed by atoms with Gasteiger partial charge in [0.25, 0.3) is 0 Å². The molecule has 0 bridgehead atoms. The molecule has 2 heterocycles. The van der Waals surface area contributed by atoms with E-state index in [1.165, 1.54) is 0 Å². The fourth-order valence-corrected chi connectivity index (χ4v) is 2.68. The van der Waals surface area contributed by atoms with Crippen LogP contribution in [-0.2, 0) is 4.79 Å². The van der Waals surface area contributed by atoms with Crippen molar-refractivity contribution in [1.82, 2.24) is 14.6 Å². The van der Waals surface area contributed by atoms with Crippen molar-refractivity contribution in [3.05, 3.63) is 30.2 Å². The van der Waals surface area contributed by atoms with Crippen molar-refractivity contribution in [2.45, 2.75) is 25.2 Å². The summed E-state index contributed by atoms with van der Waals surface area (Å²) in [4.78, 5) is 11.2. The van der Waals surface area contributed by atoms with Crippen LogP contribution >= 0.6 is 0 Å². The van der Waals surface area contributed by atoms with E-state index >= 15 is 0 Å². The topological polar surface area (TPSA) is 67.5 Å². The quantitative estimate of drug-likeness (QED) is 0.854. The third kappa shape index (κ3) is 1.58. The van der Waals surface area contributed by atoms with E-state index in [2.05, 4.69) is 10.2 Å². The van der Waals surface area contributed by atoms with Gasteiger partial charge in [-0.3, -0.25) is 9.20 Å². The predicted octanol–water partition coefficient (Wildman–Crippen LogP) is 1.70. The van der Waals surface area contributed by atoms with E-state index in [4.69, 9.17) is 0 Å². The largest absolute Gasteiger partial charge is 0.481 e. The number of carboxylic acid groups (broad SMARTS) is 1. The van der Waals surface area contributed by atoms with Gasteiger partial charge in [-0.05, 0) is 25.0 Å². The van der Waals surface area contributed by atoms with Gasteiger partial charge in [-0.2, -0.15) is 0 Å². The molecule has 0 aromatic carbocycles. The van der Waals surface area contributed by atoms with Gasteiger partial charge >= 0.3 is 5.97 Å². The van der Waals surface area contributed by atoms with Crippen LogP contribution in [0.1, 0.15) is 31.0 Å². The molecule has 0 radical (unpaired) electrons. The first-order valence-corrected chi connectivity index (χ1v) is 5.80. The third-order valence-corrected chi connectivity index (χ3v) is 3.50. The lowest BCUT2D eigenvalue weighted by atomic mass is 9.95. The molecule has 1 aliphatic rings. The molecule has 1 fully saturated rings. The number of fused-ring (bicyclic) bond motifs is 1. The summed E-state index contributed by atoms with van der Waals surface area (Å²) in [5.74, 6) is -0.266. The number of hydrogen-bond acceptors (Lipinski definition) is 3. The molecule has 17 heavy (non-hydrogen) atoms. The van der Waals surface area contributed by atoms with Crippen molar-refractivity contribution in [1.29, 1.82) is 0 Å². The fraction of sp³-hybridized carbons (Fsp3) is 0.417. The second kappa shape index (κ2) is 3.84. The minimum atomic E-state index is -0.722. The van der Waals surface area contributed by atoms with Gasteiger partial charge in [0.15, 0.2) is 5.65 Å². The van der Waals surface area contributed by atoms with Gasteiger partial charge < -0.3 is 5.11 Å². The van der Waals surface area contributed by atoms with E-state index in [-0.39, 0.29) is 11.8 Å². The average Bonchev–Trinajstić information content (AvgIpc) is 2.94. The van der Waals surface area contributed by atoms with Gasteiger partial charge in [-0.1, -0.05) is 12.5 Å².